The van der Waals surface area contributed by atoms with Gasteiger partial charge in [0.05, 0.1) is 26.2 Å². The van der Waals surface area contributed by atoms with E-state index in [1.807, 2.05) is 0 Å². The number of nitrogens with zero attached hydrogens (tertiary/aromatic N) is 3. The molecule has 35 heavy (non-hydrogen) atoms. The number of sulfonamides is 1. The maximum atomic E-state index is 11.5. The van der Waals surface area contributed by atoms with Crippen LogP contribution in [0.4, 0.5) is 22.3 Å². The lowest BCUT2D eigenvalue weighted by atomic mass is 9.89. The molecule has 0 spiro atoms. The number of aromatic amines is 1. The van der Waals surface area contributed by atoms with Gasteiger partial charge in [0.1, 0.15) is 5.82 Å². The molecule has 5 rings (SSSR count). The molecule has 4 aromatic rings. The summed E-state index contributed by atoms with van der Waals surface area (Å²) in [6.45, 7) is 0. The van der Waals surface area contributed by atoms with E-state index < -0.39 is 20.9 Å². The summed E-state index contributed by atoms with van der Waals surface area (Å²) in [6.07, 6.45) is 0. The number of anilines is 3. The second-order valence-electron chi connectivity index (χ2n) is 7.44. The fraction of sp³-hybridized carbons (Fsp3) is 0.0500. The SMILES string of the molecule is Nc1[nH]c(=S)nc2c1C(c1ccc([N+](=O)[O-])cc1)c1sc(Nc3ccc(S(N)(=O)=O)cc3)nc1O2. The Morgan fingerprint density at radius 1 is 1.11 bits per heavy atom. The zero-order chi connectivity index (χ0) is 24.9. The van der Waals surface area contributed by atoms with Gasteiger partial charge in [0.2, 0.25) is 26.6 Å². The maximum Gasteiger partial charge on any atom is 0.269 e. The van der Waals surface area contributed by atoms with Gasteiger partial charge in [-0.05, 0) is 42.0 Å². The lowest BCUT2D eigenvalue weighted by Crippen LogP contribution is -2.15. The third-order valence-electron chi connectivity index (χ3n) is 5.20. The Morgan fingerprint density at radius 2 is 1.80 bits per heavy atom. The van der Waals surface area contributed by atoms with Gasteiger partial charge in [0, 0.05) is 17.8 Å². The first-order valence-corrected chi connectivity index (χ1v) is 12.6. The Bertz CT molecular complexity index is 1630. The highest BCUT2D eigenvalue weighted by molar-refractivity contribution is 7.89. The molecule has 6 N–H and O–H groups in total. The lowest BCUT2D eigenvalue weighted by molar-refractivity contribution is -0.384. The number of non-ortho nitro benzene ring substituents is 1. The Kier molecular flexibility index (Phi) is 5.47. The zero-order valence-corrected chi connectivity index (χ0v) is 19.9. The fourth-order valence-electron chi connectivity index (χ4n) is 3.64. The van der Waals surface area contributed by atoms with E-state index in [4.69, 9.17) is 27.8 Å². The molecular weight excluding hydrogens is 514 g/mol. The smallest absolute Gasteiger partial charge is 0.269 e. The Hall–Kier alpha value is -3.92. The maximum absolute atomic E-state index is 11.5. The van der Waals surface area contributed by atoms with Crippen LogP contribution in [0.1, 0.15) is 21.9 Å². The number of nitro benzene ring substituents is 1. The number of H-pyrrole nitrogens is 1. The van der Waals surface area contributed by atoms with E-state index in [-0.39, 0.29) is 32.9 Å². The van der Waals surface area contributed by atoms with Crippen LogP contribution < -0.4 is 20.9 Å². The quantitative estimate of drug-likeness (QED) is 0.148. The van der Waals surface area contributed by atoms with Crippen LogP contribution in [0.5, 0.6) is 11.8 Å². The molecule has 0 saturated carbocycles. The normalized spacial score (nSPS) is 14.5. The molecule has 1 aliphatic rings. The highest BCUT2D eigenvalue weighted by Crippen LogP contribution is 2.51. The number of nitrogens with two attached hydrogens (primary N) is 2. The van der Waals surface area contributed by atoms with E-state index in [1.165, 1.54) is 35.6 Å². The third kappa shape index (κ3) is 4.32. The van der Waals surface area contributed by atoms with Gasteiger partial charge in [0.15, 0.2) is 5.13 Å². The topological polar surface area (TPSA) is 192 Å². The summed E-state index contributed by atoms with van der Waals surface area (Å²) >= 11 is 6.41. The number of aromatic nitrogens is 3. The number of hydrogen-bond donors (Lipinski definition) is 4. The van der Waals surface area contributed by atoms with Crippen LogP contribution in [0.25, 0.3) is 0 Å². The van der Waals surface area contributed by atoms with Crippen molar-refractivity contribution in [3.8, 4) is 11.8 Å². The molecule has 1 aliphatic heterocycles. The van der Waals surface area contributed by atoms with Gasteiger partial charge in [-0.1, -0.05) is 23.5 Å². The third-order valence-corrected chi connectivity index (χ3v) is 7.34. The highest BCUT2D eigenvalue weighted by Gasteiger charge is 2.36. The van der Waals surface area contributed by atoms with Crippen molar-refractivity contribution in [1.29, 1.82) is 0 Å². The summed E-state index contributed by atoms with van der Waals surface area (Å²) in [5.41, 5.74) is 8.02. The molecule has 0 saturated heterocycles. The molecule has 3 heterocycles. The second-order valence-corrected chi connectivity index (χ2v) is 10.4. The van der Waals surface area contributed by atoms with Crippen molar-refractivity contribution >= 4 is 55.9 Å². The van der Waals surface area contributed by atoms with Gasteiger partial charge in [-0.25, -0.2) is 13.6 Å². The van der Waals surface area contributed by atoms with E-state index in [0.29, 0.717) is 26.8 Å². The van der Waals surface area contributed by atoms with Gasteiger partial charge in [-0.2, -0.15) is 9.97 Å². The number of nitrogen functional groups attached to an aromatic ring is 1. The number of nitro groups is 1. The van der Waals surface area contributed by atoms with Crippen molar-refractivity contribution in [2.75, 3.05) is 11.1 Å². The van der Waals surface area contributed by atoms with Gasteiger partial charge in [0.25, 0.3) is 5.69 Å². The van der Waals surface area contributed by atoms with E-state index in [9.17, 15) is 18.5 Å². The molecule has 0 fully saturated rings. The van der Waals surface area contributed by atoms with Crippen LogP contribution >= 0.6 is 23.6 Å². The summed E-state index contributed by atoms with van der Waals surface area (Å²) in [4.78, 5) is 22.9. The number of thiazole rings is 1. The van der Waals surface area contributed by atoms with Gasteiger partial charge in [-0.15, -0.1) is 0 Å². The van der Waals surface area contributed by atoms with E-state index in [2.05, 4.69) is 20.3 Å². The van der Waals surface area contributed by atoms with Crippen LogP contribution in [-0.2, 0) is 10.0 Å². The minimum atomic E-state index is -3.81. The summed E-state index contributed by atoms with van der Waals surface area (Å²) in [5.74, 6) is 0.251. The number of fused-ring (bicyclic) bond motifs is 2. The van der Waals surface area contributed by atoms with Crippen LogP contribution in [0.3, 0.4) is 0 Å². The summed E-state index contributed by atoms with van der Waals surface area (Å²) in [6, 6.07) is 12.0. The Morgan fingerprint density at radius 3 is 2.43 bits per heavy atom. The minimum absolute atomic E-state index is 0.0176. The molecule has 12 nitrogen and oxygen atoms in total. The molecular formula is C20H15N7O5S3. The van der Waals surface area contributed by atoms with E-state index >= 15 is 0 Å². The fourth-order valence-corrected chi connectivity index (χ4v) is 5.40. The van der Waals surface area contributed by atoms with Crippen LogP contribution in [0.2, 0.25) is 0 Å². The molecule has 1 atom stereocenters. The molecule has 1 unspecified atom stereocenters. The van der Waals surface area contributed by atoms with Crippen molar-refractivity contribution in [2.45, 2.75) is 10.8 Å². The number of benzene rings is 2. The molecule has 0 amide bonds. The van der Waals surface area contributed by atoms with Crippen LogP contribution in [0.15, 0.2) is 53.4 Å². The van der Waals surface area contributed by atoms with E-state index in [1.54, 1.807) is 24.3 Å². The summed E-state index contributed by atoms with van der Waals surface area (Å²) < 4.78 is 29.0. The summed E-state index contributed by atoms with van der Waals surface area (Å²) in [7, 11) is -3.81. The predicted molar refractivity (Wildman–Crippen MR) is 131 cm³/mol. The van der Waals surface area contributed by atoms with Crippen molar-refractivity contribution < 1.29 is 18.1 Å². The average molecular weight is 530 g/mol. The van der Waals surface area contributed by atoms with Gasteiger partial charge >= 0.3 is 0 Å². The first kappa shape index (κ1) is 22.9. The number of rotatable bonds is 5. The van der Waals surface area contributed by atoms with Crippen molar-refractivity contribution in [3.63, 3.8) is 0 Å². The lowest BCUT2D eigenvalue weighted by Gasteiger charge is -2.25. The number of primary sulfonamides is 1. The minimum Gasteiger partial charge on any atom is -0.419 e. The van der Waals surface area contributed by atoms with Gasteiger partial charge < -0.3 is 20.8 Å². The molecule has 0 aliphatic carbocycles. The summed E-state index contributed by atoms with van der Waals surface area (Å²) in [5, 5.41) is 19.8. The molecule has 2 aromatic carbocycles. The zero-order valence-electron chi connectivity index (χ0n) is 17.5. The van der Waals surface area contributed by atoms with Crippen molar-refractivity contribution in [1.82, 2.24) is 15.0 Å². The predicted octanol–water partition coefficient (Wildman–Crippen LogP) is 3.76. The number of ether oxygens (including phenoxy) is 1. The number of hydrogen-bond acceptors (Lipinski definition) is 11. The Labute approximate surface area is 206 Å². The van der Waals surface area contributed by atoms with Gasteiger partial charge in [-0.3, -0.25) is 10.1 Å². The van der Waals surface area contributed by atoms with Crippen molar-refractivity contribution in [2.24, 2.45) is 5.14 Å². The first-order valence-electron chi connectivity index (χ1n) is 9.82. The standard InChI is InChI=1S/C20H15N7O5S3/c21-16-14-13(9-1-5-11(6-2-9)27(28)29)15-18(32-17(14)25-19(33)24-16)26-20(34-15)23-10-3-7-12(8-4-10)35(22,30)31/h1-8,13H,(H,23,26)(H2,22,30,31)(H3,21,24,25,33). The largest absolute Gasteiger partial charge is 0.419 e. The van der Waals surface area contributed by atoms with E-state index in [0.717, 1.165) is 0 Å². The molecule has 0 radical (unpaired) electrons. The monoisotopic (exact) mass is 529 g/mol. The van der Waals surface area contributed by atoms with Crippen LogP contribution in [0, 0.1) is 14.9 Å². The van der Waals surface area contributed by atoms with Crippen LogP contribution in [-0.4, -0.2) is 28.3 Å². The molecule has 0 bridgehead atoms. The molecule has 2 aromatic heterocycles. The Balaban J connectivity index is 1.57. The van der Waals surface area contributed by atoms with Crippen molar-refractivity contribution in [3.05, 3.63) is 79.4 Å². The molecule has 15 heteroatoms. The first-order chi connectivity index (χ1) is 16.6. The molecule has 178 valence electrons. The highest BCUT2D eigenvalue weighted by atomic mass is 32.2. The number of nitrogens with one attached hydrogen (secondary N) is 2. The second kappa shape index (κ2) is 8.38. The average Bonchev–Trinajstić information content (AvgIpc) is 3.19.